The van der Waals surface area contributed by atoms with Crippen molar-refractivity contribution in [1.29, 1.82) is 0 Å². The Morgan fingerprint density at radius 2 is 1.91 bits per heavy atom. The van der Waals surface area contributed by atoms with Crippen molar-refractivity contribution in [2.75, 3.05) is 10.0 Å². The minimum absolute atomic E-state index is 0.137. The molecule has 3 aromatic rings. The van der Waals surface area contributed by atoms with Gasteiger partial charge in [0.1, 0.15) is 22.3 Å². The Kier molecular flexibility index (Phi) is 5.16. The molecule has 0 aliphatic heterocycles. The van der Waals surface area contributed by atoms with Gasteiger partial charge in [0, 0.05) is 37.1 Å². The van der Waals surface area contributed by atoms with Crippen LogP contribution in [0, 0.1) is 11.6 Å². The van der Waals surface area contributed by atoms with E-state index in [1.54, 1.807) is 24.5 Å². The summed E-state index contributed by atoms with van der Waals surface area (Å²) in [7, 11) is -4.32. The molecule has 0 radical (unpaired) electrons. The second-order valence-electron chi connectivity index (χ2n) is 8.48. The van der Waals surface area contributed by atoms with Gasteiger partial charge in [0.05, 0.1) is 11.1 Å². The van der Waals surface area contributed by atoms with Crippen LogP contribution in [0.3, 0.4) is 0 Å². The SMILES string of the molecule is O=C1Cc2c(NCc3cccnc3)cc(NS(=O)(=O)c3ccc(F)cc3F)cc2C12CCC2. The van der Waals surface area contributed by atoms with E-state index in [9.17, 15) is 22.0 Å². The minimum atomic E-state index is -4.32. The van der Waals surface area contributed by atoms with Crippen LogP contribution in [0.2, 0.25) is 0 Å². The van der Waals surface area contributed by atoms with Gasteiger partial charge in [-0.3, -0.25) is 14.5 Å². The predicted octanol–water partition coefficient (Wildman–Crippen LogP) is 4.32. The summed E-state index contributed by atoms with van der Waals surface area (Å²) >= 11 is 0. The lowest BCUT2D eigenvalue weighted by Crippen LogP contribution is -2.39. The molecule has 1 aromatic heterocycles. The first-order valence-corrected chi connectivity index (χ1v) is 12.1. The van der Waals surface area contributed by atoms with Crippen LogP contribution in [0.5, 0.6) is 0 Å². The fraction of sp³-hybridized carbons (Fsp3) is 0.250. The number of halogens is 2. The standard InChI is InChI=1S/C24H21F2N3O3S/c25-16-4-5-22(20(26)9-16)33(31,32)29-17-10-19-18(12-23(30)24(19)6-2-7-24)21(11-17)28-14-15-3-1-8-27-13-15/h1,3-5,8-11,13,28-29H,2,6-7,12,14H2. The highest BCUT2D eigenvalue weighted by Crippen LogP contribution is 2.52. The van der Waals surface area contributed by atoms with Gasteiger partial charge in [-0.05, 0) is 59.9 Å². The molecular formula is C24H21F2N3O3S. The Morgan fingerprint density at radius 1 is 1.09 bits per heavy atom. The number of anilines is 2. The van der Waals surface area contributed by atoms with E-state index in [0.717, 1.165) is 48.1 Å². The normalized spacial score (nSPS) is 16.4. The van der Waals surface area contributed by atoms with Gasteiger partial charge in [-0.25, -0.2) is 17.2 Å². The number of benzene rings is 2. The zero-order valence-electron chi connectivity index (χ0n) is 17.6. The zero-order chi connectivity index (χ0) is 23.2. The second-order valence-corrected chi connectivity index (χ2v) is 10.1. The first-order valence-electron chi connectivity index (χ1n) is 10.6. The average molecular weight is 470 g/mol. The number of nitrogens with one attached hydrogen (secondary N) is 2. The fourth-order valence-electron chi connectivity index (χ4n) is 4.67. The van der Waals surface area contributed by atoms with Gasteiger partial charge >= 0.3 is 0 Å². The van der Waals surface area contributed by atoms with Crippen molar-refractivity contribution in [3.63, 3.8) is 0 Å². The molecule has 2 aliphatic rings. The number of ketones is 1. The third-order valence-electron chi connectivity index (χ3n) is 6.49. The molecule has 9 heteroatoms. The number of rotatable bonds is 6. The van der Waals surface area contributed by atoms with E-state index in [2.05, 4.69) is 15.0 Å². The van der Waals surface area contributed by atoms with Gasteiger partial charge in [0.2, 0.25) is 0 Å². The largest absolute Gasteiger partial charge is 0.381 e. The summed E-state index contributed by atoms with van der Waals surface area (Å²) in [5.74, 6) is -1.90. The fourth-order valence-corrected chi connectivity index (χ4v) is 5.77. The molecular weight excluding hydrogens is 448 g/mol. The third-order valence-corrected chi connectivity index (χ3v) is 7.90. The van der Waals surface area contributed by atoms with Crippen LogP contribution in [0.15, 0.2) is 59.8 Å². The van der Waals surface area contributed by atoms with Crippen LogP contribution >= 0.6 is 0 Å². The highest BCUT2D eigenvalue weighted by atomic mass is 32.2. The molecule has 6 nitrogen and oxygen atoms in total. The van der Waals surface area contributed by atoms with Crippen molar-refractivity contribution >= 4 is 27.2 Å². The lowest BCUT2D eigenvalue weighted by molar-refractivity contribution is -0.125. The smallest absolute Gasteiger partial charge is 0.264 e. The number of hydrogen-bond acceptors (Lipinski definition) is 5. The molecule has 0 amide bonds. The lowest BCUT2D eigenvalue weighted by Gasteiger charge is -2.38. The van der Waals surface area contributed by atoms with Crippen LogP contribution in [0.25, 0.3) is 0 Å². The van der Waals surface area contributed by atoms with Crippen LogP contribution in [-0.4, -0.2) is 19.2 Å². The quantitative estimate of drug-likeness (QED) is 0.561. The Balaban J connectivity index is 1.53. The predicted molar refractivity (Wildman–Crippen MR) is 119 cm³/mol. The molecule has 1 spiro atoms. The third kappa shape index (κ3) is 3.76. The van der Waals surface area contributed by atoms with Crippen molar-refractivity contribution < 1.29 is 22.0 Å². The van der Waals surface area contributed by atoms with Gasteiger partial charge in [-0.2, -0.15) is 0 Å². The highest BCUT2D eigenvalue weighted by Gasteiger charge is 2.51. The number of hydrogen-bond donors (Lipinski definition) is 2. The number of carbonyl (C=O) groups is 1. The maximum Gasteiger partial charge on any atom is 0.264 e. The van der Waals surface area contributed by atoms with Gasteiger partial charge < -0.3 is 5.32 Å². The van der Waals surface area contributed by atoms with Crippen LogP contribution in [0.1, 0.15) is 36.0 Å². The molecule has 0 saturated heterocycles. The number of aromatic nitrogens is 1. The van der Waals surface area contributed by atoms with Crippen LogP contribution in [0.4, 0.5) is 20.2 Å². The van der Waals surface area contributed by atoms with E-state index in [4.69, 9.17) is 0 Å². The maximum absolute atomic E-state index is 14.2. The van der Waals surface area contributed by atoms with Crippen molar-refractivity contribution in [1.82, 2.24) is 4.98 Å². The Morgan fingerprint density at radius 3 is 2.58 bits per heavy atom. The molecule has 1 fully saturated rings. The molecule has 1 heterocycles. The number of nitrogens with zero attached hydrogens (tertiary/aromatic N) is 1. The summed E-state index contributed by atoms with van der Waals surface area (Å²) in [6.07, 6.45) is 6.05. The van der Waals surface area contributed by atoms with E-state index in [0.29, 0.717) is 18.3 Å². The molecule has 2 aromatic carbocycles. The number of carbonyl (C=O) groups excluding carboxylic acids is 1. The second kappa shape index (κ2) is 7.91. The molecule has 0 atom stereocenters. The zero-order valence-corrected chi connectivity index (χ0v) is 18.4. The van der Waals surface area contributed by atoms with Crippen LogP contribution in [-0.2, 0) is 33.2 Å². The number of fused-ring (bicyclic) bond motifs is 2. The maximum atomic E-state index is 14.2. The van der Waals surface area contributed by atoms with Gasteiger partial charge in [-0.1, -0.05) is 12.5 Å². The van der Waals surface area contributed by atoms with Crippen molar-refractivity contribution in [3.8, 4) is 0 Å². The van der Waals surface area contributed by atoms with Gasteiger partial charge in [0.25, 0.3) is 10.0 Å². The number of sulfonamides is 1. The highest BCUT2D eigenvalue weighted by molar-refractivity contribution is 7.92. The first kappa shape index (κ1) is 21.5. The summed E-state index contributed by atoms with van der Waals surface area (Å²) in [5, 5.41) is 3.30. The summed E-state index contributed by atoms with van der Waals surface area (Å²) in [6, 6.07) is 9.31. The lowest BCUT2D eigenvalue weighted by atomic mass is 9.64. The summed E-state index contributed by atoms with van der Waals surface area (Å²) in [4.78, 5) is 16.3. The molecule has 2 N–H and O–H groups in total. The average Bonchev–Trinajstić information content (AvgIpc) is 3.04. The van der Waals surface area contributed by atoms with E-state index >= 15 is 0 Å². The number of Topliss-reactive ketones (excluding diaryl/α,β-unsaturated/α-hetero) is 1. The number of pyridine rings is 1. The van der Waals surface area contributed by atoms with Gasteiger partial charge in [-0.15, -0.1) is 0 Å². The molecule has 0 bridgehead atoms. The van der Waals surface area contributed by atoms with Crippen molar-refractivity contribution in [3.05, 3.63) is 83.2 Å². The van der Waals surface area contributed by atoms with E-state index in [-0.39, 0.29) is 17.9 Å². The minimum Gasteiger partial charge on any atom is -0.381 e. The molecule has 33 heavy (non-hydrogen) atoms. The first-order chi connectivity index (χ1) is 15.8. The summed E-state index contributed by atoms with van der Waals surface area (Å²) < 4.78 is 55.6. The van der Waals surface area contributed by atoms with E-state index in [1.165, 1.54) is 0 Å². The van der Waals surface area contributed by atoms with Crippen molar-refractivity contribution in [2.45, 2.75) is 42.5 Å². The van der Waals surface area contributed by atoms with E-state index < -0.39 is 32.0 Å². The molecule has 2 aliphatic carbocycles. The monoisotopic (exact) mass is 469 g/mol. The topological polar surface area (TPSA) is 88.2 Å². The summed E-state index contributed by atoms with van der Waals surface area (Å²) in [6.45, 7) is 0.435. The summed E-state index contributed by atoms with van der Waals surface area (Å²) in [5.41, 5.74) is 2.88. The van der Waals surface area contributed by atoms with Crippen LogP contribution < -0.4 is 10.0 Å². The Bertz CT molecular complexity index is 1360. The molecule has 0 unspecified atom stereocenters. The van der Waals surface area contributed by atoms with Crippen molar-refractivity contribution in [2.24, 2.45) is 0 Å². The molecule has 5 rings (SSSR count). The Labute approximate surface area is 190 Å². The van der Waals surface area contributed by atoms with E-state index in [1.807, 2.05) is 12.1 Å². The van der Waals surface area contributed by atoms with Gasteiger partial charge in [0.15, 0.2) is 0 Å². The molecule has 170 valence electrons. The Hall–Kier alpha value is -3.33. The molecule has 1 saturated carbocycles.